The Bertz CT molecular complexity index is 1360. The van der Waals surface area contributed by atoms with Gasteiger partial charge < -0.3 is 19.3 Å². The minimum atomic E-state index is -1.74. The van der Waals surface area contributed by atoms with E-state index < -0.39 is 57.2 Å². The van der Waals surface area contributed by atoms with Gasteiger partial charge in [-0.05, 0) is 34.4 Å². The first-order valence-electron chi connectivity index (χ1n) is 12.0. The summed E-state index contributed by atoms with van der Waals surface area (Å²) < 4.78 is 23.9. The molecule has 0 aromatic heterocycles. The molecule has 202 valence electrons. The zero-order chi connectivity index (χ0) is 27.7. The molecule has 2 saturated heterocycles. The number of hydrogen-bond donors (Lipinski definition) is 1. The number of methoxy groups -OCH3 is 1. The first-order chi connectivity index (χ1) is 18.8. The van der Waals surface area contributed by atoms with Gasteiger partial charge in [0.15, 0.2) is 6.04 Å². The number of fused-ring (bicyclic) bond motifs is 1. The Kier molecular flexibility index (Phi) is 7.78. The zero-order valence-corrected chi connectivity index (χ0v) is 22.4. The molecule has 3 aliphatic heterocycles. The number of rotatable bonds is 8. The van der Waals surface area contributed by atoms with Gasteiger partial charge in [0.05, 0.1) is 24.5 Å². The van der Waals surface area contributed by atoms with Crippen LogP contribution in [0.4, 0.5) is 0 Å². The molecule has 0 radical (unpaired) electrons. The van der Waals surface area contributed by atoms with Crippen LogP contribution >= 0.6 is 11.8 Å². The van der Waals surface area contributed by atoms with E-state index >= 15 is 0 Å². The maximum absolute atomic E-state index is 13.4. The molecule has 12 heteroatoms. The summed E-state index contributed by atoms with van der Waals surface area (Å²) in [7, 11) is 1.53. The molecule has 1 N–H and O–H groups in total. The summed E-state index contributed by atoms with van der Waals surface area (Å²) in [5, 5.41) is 0.615. The van der Waals surface area contributed by atoms with Gasteiger partial charge in [0.25, 0.3) is 5.91 Å². The third-order valence-electron chi connectivity index (χ3n) is 6.61. The normalized spacial score (nSPS) is 24.3. The van der Waals surface area contributed by atoms with Crippen LogP contribution in [0, 0.1) is 0 Å². The van der Waals surface area contributed by atoms with Crippen LogP contribution in [0.25, 0.3) is 0 Å². The number of esters is 1. The summed E-state index contributed by atoms with van der Waals surface area (Å²) in [5.41, 5.74) is 1.35. The number of ketones is 2. The molecule has 0 spiro atoms. The number of nitrogens with zero attached hydrogens (tertiary/aromatic N) is 1. The topological polar surface area (TPSA) is 142 Å². The number of nitrogens with one attached hydrogen (secondary N) is 1. The van der Waals surface area contributed by atoms with Crippen LogP contribution in [0.5, 0.6) is 5.75 Å². The van der Waals surface area contributed by atoms with E-state index in [2.05, 4.69) is 5.32 Å². The third-order valence-corrected chi connectivity index (χ3v) is 9.49. The molecule has 2 aromatic rings. The zero-order valence-electron chi connectivity index (χ0n) is 20.8. The maximum Gasteiger partial charge on any atom is 0.355 e. The predicted octanol–water partition coefficient (Wildman–Crippen LogP) is 0.904. The fourth-order valence-electron chi connectivity index (χ4n) is 4.65. The third kappa shape index (κ3) is 5.32. The largest absolute Gasteiger partial charge is 0.614 e. The summed E-state index contributed by atoms with van der Waals surface area (Å²) in [6.07, 6.45) is 0.0250. The second-order valence-corrected chi connectivity index (χ2v) is 11.7. The van der Waals surface area contributed by atoms with Gasteiger partial charge in [-0.25, -0.2) is 4.79 Å². The lowest BCUT2D eigenvalue weighted by molar-refractivity contribution is -0.153. The van der Waals surface area contributed by atoms with Crippen molar-refractivity contribution in [2.45, 2.75) is 29.7 Å². The second-order valence-electron chi connectivity index (χ2n) is 9.11. The highest BCUT2D eigenvalue weighted by atomic mass is 32.2. The molecule has 2 amide bonds. The molecule has 0 aliphatic carbocycles. The molecule has 0 saturated carbocycles. The van der Waals surface area contributed by atoms with Crippen LogP contribution in [0.15, 0.2) is 65.9 Å². The molecule has 3 aliphatic rings. The summed E-state index contributed by atoms with van der Waals surface area (Å²) >= 11 is -0.714. The number of carbonyl (C=O) groups is 5. The van der Waals surface area contributed by atoms with Crippen molar-refractivity contribution in [2.75, 3.05) is 18.6 Å². The van der Waals surface area contributed by atoms with Gasteiger partial charge in [0, 0.05) is 5.57 Å². The van der Waals surface area contributed by atoms with E-state index in [1.165, 1.54) is 7.11 Å². The van der Waals surface area contributed by atoms with Crippen LogP contribution in [-0.2, 0) is 52.9 Å². The van der Waals surface area contributed by atoms with Crippen molar-refractivity contribution in [1.29, 1.82) is 0 Å². The van der Waals surface area contributed by atoms with Gasteiger partial charge >= 0.3 is 5.97 Å². The average Bonchev–Trinajstić information content (AvgIpc) is 3.28. The number of hydrogen-bond acceptors (Lipinski definition) is 9. The van der Waals surface area contributed by atoms with Crippen LogP contribution in [-0.4, -0.2) is 74.1 Å². The van der Waals surface area contributed by atoms with Gasteiger partial charge in [-0.1, -0.05) is 42.5 Å². The molecule has 5 rings (SSSR count). The highest BCUT2D eigenvalue weighted by Gasteiger charge is 2.62. The number of ether oxygens (including phenoxy) is 2. The van der Waals surface area contributed by atoms with E-state index in [4.69, 9.17) is 9.47 Å². The summed E-state index contributed by atoms with van der Waals surface area (Å²) in [6.45, 7) is -0.128. The Morgan fingerprint density at radius 1 is 1.08 bits per heavy atom. The quantitative estimate of drug-likeness (QED) is 0.213. The lowest BCUT2D eigenvalue weighted by Gasteiger charge is -2.49. The summed E-state index contributed by atoms with van der Waals surface area (Å²) in [4.78, 5) is 64.9. The summed E-state index contributed by atoms with van der Waals surface area (Å²) in [6, 6.07) is 14.7. The van der Waals surface area contributed by atoms with E-state index in [1.54, 1.807) is 48.5 Å². The first-order valence-corrected chi connectivity index (χ1v) is 14.5. The second kappa shape index (κ2) is 11.2. The van der Waals surface area contributed by atoms with Crippen molar-refractivity contribution in [3.63, 3.8) is 0 Å². The molecule has 3 unspecified atom stereocenters. The Labute approximate surface area is 231 Å². The molecule has 0 bridgehead atoms. The molecule has 10 nitrogen and oxygen atoms in total. The lowest BCUT2D eigenvalue weighted by Crippen LogP contribution is -2.75. The van der Waals surface area contributed by atoms with Crippen LogP contribution in [0.1, 0.15) is 11.1 Å². The highest BCUT2D eigenvalue weighted by molar-refractivity contribution is 8.02. The minimum Gasteiger partial charge on any atom is -0.614 e. The van der Waals surface area contributed by atoms with Crippen molar-refractivity contribution in [1.82, 2.24) is 10.2 Å². The smallest absolute Gasteiger partial charge is 0.355 e. The van der Waals surface area contributed by atoms with Crippen molar-refractivity contribution in [3.05, 3.63) is 77.0 Å². The van der Waals surface area contributed by atoms with E-state index in [9.17, 15) is 28.5 Å². The Morgan fingerprint density at radius 3 is 2.44 bits per heavy atom. The number of carbonyl (C=O) groups excluding carboxylic acids is 5. The number of β-lactam (4-membered cyclic amide) rings is 1. The van der Waals surface area contributed by atoms with E-state index in [1.807, 2.05) is 6.07 Å². The Morgan fingerprint density at radius 2 is 1.79 bits per heavy atom. The molecule has 39 heavy (non-hydrogen) atoms. The average molecular weight is 569 g/mol. The standard InChI is InChI=1S/C27H24N2O8S2/c1-36-17-9-7-16(8-10-17)12-37-27(34)22-18(24-23(32)19(30)13-38-24)14-39(35)26-21(25(33)29(22)26)28-20(31)11-15-5-3-2-4-6-15/h2-10,21,24,26H,11-14H2,1H3,(H,28,31)/t21?,24?,26-,39?/m0/s1. The lowest BCUT2D eigenvalue weighted by atomic mass is 9.99. The number of Topliss-reactive ketones (excluding diaryl/α,β-unsaturated/α-hetero) is 2. The fourth-order valence-corrected chi connectivity index (χ4v) is 7.61. The van der Waals surface area contributed by atoms with Gasteiger partial charge in [-0.2, -0.15) is 0 Å². The Hall–Kier alpha value is -3.61. The van der Waals surface area contributed by atoms with Gasteiger partial charge in [0.2, 0.25) is 22.8 Å². The number of amides is 2. The van der Waals surface area contributed by atoms with Crippen molar-refractivity contribution in [2.24, 2.45) is 0 Å². The Balaban J connectivity index is 1.38. The molecule has 3 heterocycles. The van der Waals surface area contributed by atoms with E-state index in [0.29, 0.717) is 11.3 Å². The number of thioether (sulfide) groups is 1. The molecule has 2 fully saturated rings. The monoisotopic (exact) mass is 568 g/mol. The number of benzene rings is 2. The van der Waals surface area contributed by atoms with Gasteiger partial charge in [0.1, 0.15) is 23.8 Å². The fraction of sp³-hybridized carbons (Fsp3) is 0.296. The maximum atomic E-state index is 13.4. The summed E-state index contributed by atoms with van der Waals surface area (Å²) in [5.74, 6) is -2.89. The minimum absolute atomic E-state index is 0.0250. The molecular formula is C27H24N2O8S2. The van der Waals surface area contributed by atoms with Crippen LogP contribution in [0.3, 0.4) is 0 Å². The molecular weight excluding hydrogens is 544 g/mol. The van der Waals surface area contributed by atoms with Crippen molar-refractivity contribution in [3.8, 4) is 5.75 Å². The van der Waals surface area contributed by atoms with E-state index in [-0.39, 0.29) is 35.8 Å². The van der Waals surface area contributed by atoms with Crippen LogP contribution in [0.2, 0.25) is 0 Å². The van der Waals surface area contributed by atoms with Crippen LogP contribution < -0.4 is 10.1 Å². The molecule has 4 atom stereocenters. The van der Waals surface area contributed by atoms with E-state index in [0.717, 1.165) is 22.2 Å². The van der Waals surface area contributed by atoms with Gasteiger partial charge in [-0.15, -0.1) is 11.8 Å². The first kappa shape index (κ1) is 27.0. The SMILES string of the molecule is COc1ccc(COC(=O)C2=C(C3SCC(=O)C3=O)C[S+]([O-])[C@H]3C(NC(=O)Cc4ccccc4)C(=O)N23)cc1. The van der Waals surface area contributed by atoms with Gasteiger partial charge in [-0.3, -0.25) is 24.1 Å². The van der Waals surface area contributed by atoms with Crippen molar-refractivity contribution >= 4 is 52.3 Å². The molecule has 2 aromatic carbocycles. The predicted molar refractivity (Wildman–Crippen MR) is 142 cm³/mol. The van der Waals surface area contributed by atoms with Crippen molar-refractivity contribution < 1.29 is 38.0 Å². The highest BCUT2D eigenvalue weighted by Crippen LogP contribution is 2.41.